The molecule has 3 rings (SSSR count). The Morgan fingerprint density at radius 1 is 1.12 bits per heavy atom. The number of nitrogens with zero attached hydrogens (tertiary/aromatic N) is 1. The Hall–Kier alpha value is -2.34. The van der Waals surface area contributed by atoms with E-state index >= 15 is 0 Å². The minimum absolute atomic E-state index is 0.00398. The molecule has 2 heterocycles. The van der Waals surface area contributed by atoms with Crippen LogP contribution in [0.3, 0.4) is 0 Å². The first-order valence-corrected chi connectivity index (χ1v) is 9.86. The van der Waals surface area contributed by atoms with Crippen LogP contribution in [0, 0.1) is 0 Å². The number of nitrogens with one attached hydrogen (secondary N) is 1. The largest absolute Gasteiger partial charge is 0.493 e. The number of benzene rings is 1. The molecule has 2 amide bonds. The van der Waals surface area contributed by atoms with E-state index in [4.69, 9.17) is 4.74 Å². The van der Waals surface area contributed by atoms with Gasteiger partial charge >= 0.3 is 0 Å². The Morgan fingerprint density at radius 3 is 2.58 bits per heavy atom. The van der Waals surface area contributed by atoms with Gasteiger partial charge in [-0.05, 0) is 36.4 Å². The zero-order valence-corrected chi connectivity index (χ0v) is 15.5. The van der Waals surface area contributed by atoms with Gasteiger partial charge in [0.05, 0.1) is 19.4 Å². The van der Waals surface area contributed by atoms with Crippen LogP contribution in [0.1, 0.15) is 24.1 Å². The van der Waals surface area contributed by atoms with Gasteiger partial charge in [0.2, 0.25) is 11.8 Å². The normalized spacial score (nSPS) is 14.8. The predicted molar refractivity (Wildman–Crippen MR) is 102 cm³/mol. The molecule has 0 radical (unpaired) electrons. The molecule has 0 bridgehead atoms. The maximum absolute atomic E-state index is 12.3. The Morgan fingerprint density at radius 2 is 1.88 bits per heavy atom. The lowest BCUT2D eigenvalue weighted by molar-refractivity contribution is -0.131. The van der Waals surface area contributed by atoms with Crippen molar-refractivity contribution in [2.24, 2.45) is 0 Å². The highest BCUT2D eigenvalue weighted by molar-refractivity contribution is 7.10. The molecular weight excluding hydrogens is 348 g/mol. The maximum Gasteiger partial charge on any atom is 0.227 e. The van der Waals surface area contributed by atoms with Crippen molar-refractivity contribution >= 4 is 23.2 Å². The molecule has 6 heteroatoms. The molecule has 0 spiro atoms. The second-order valence-corrected chi connectivity index (χ2v) is 7.42. The zero-order chi connectivity index (χ0) is 18.2. The molecule has 1 N–H and O–H groups in total. The van der Waals surface area contributed by atoms with E-state index in [1.165, 1.54) is 0 Å². The van der Waals surface area contributed by atoms with Crippen molar-refractivity contribution in [3.05, 3.63) is 52.7 Å². The highest BCUT2D eigenvalue weighted by Gasteiger charge is 2.23. The second kappa shape index (κ2) is 9.38. The first-order valence-electron chi connectivity index (χ1n) is 8.98. The number of piperidine rings is 1. The summed E-state index contributed by atoms with van der Waals surface area (Å²) in [4.78, 5) is 27.4. The fourth-order valence-electron chi connectivity index (χ4n) is 3.03. The van der Waals surface area contributed by atoms with E-state index in [1.807, 2.05) is 52.7 Å². The molecule has 0 unspecified atom stereocenters. The summed E-state index contributed by atoms with van der Waals surface area (Å²) in [6.45, 7) is 1.78. The maximum atomic E-state index is 12.3. The summed E-state index contributed by atoms with van der Waals surface area (Å²) < 4.78 is 5.55. The lowest BCUT2D eigenvalue weighted by Crippen LogP contribution is -2.47. The Balaban J connectivity index is 1.33. The van der Waals surface area contributed by atoms with Crippen LogP contribution in [0.15, 0.2) is 47.8 Å². The van der Waals surface area contributed by atoms with Gasteiger partial charge in [-0.1, -0.05) is 24.3 Å². The molecule has 1 aromatic heterocycles. The molecule has 26 heavy (non-hydrogen) atoms. The molecule has 1 fully saturated rings. The first-order chi connectivity index (χ1) is 12.7. The Labute approximate surface area is 158 Å². The van der Waals surface area contributed by atoms with E-state index in [0.29, 0.717) is 32.5 Å². The number of hydrogen-bond acceptors (Lipinski definition) is 4. The van der Waals surface area contributed by atoms with Crippen LogP contribution in [-0.4, -0.2) is 42.5 Å². The average Bonchev–Trinajstić information content (AvgIpc) is 3.16. The van der Waals surface area contributed by atoms with E-state index in [9.17, 15) is 9.59 Å². The standard InChI is InChI=1S/C20H24N2O3S/c23-19(10-13-25-17-5-2-1-3-6-17)21-16-8-11-22(12-9-16)20(24)15-18-7-4-14-26-18/h1-7,14,16H,8-13,15H2,(H,21,23). The van der Waals surface area contributed by atoms with E-state index in [2.05, 4.69) is 5.32 Å². The van der Waals surface area contributed by atoms with Crippen molar-refractivity contribution in [1.29, 1.82) is 0 Å². The summed E-state index contributed by atoms with van der Waals surface area (Å²) in [5, 5.41) is 5.05. The summed E-state index contributed by atoms with van der Waals surface area (Å²) in [5.74, 6) is 0.954. The van der Waals surface area contributed by atoms with Crippen LogP contribution >= 0.6 is 11.3 Å². The number of ether oxygens (including phenoxy) is 1. The number of rotatable bonds is 7. The van der Waals surface area contributed by atoms with Crippen LogP contribution in [0.2, 0.25) is 0 Å². The van der Waals surface area contributed by atoms with E-state index in [1.54, 1.807) is 11.3 Å². The van der Waals surface area contributed by atoms with Gasteiger partial charge in [0, 0.05) is 24.0 Å². The number of thiophene rings is 1. The highest BCUT2D eigenvalue weighted by Crippen LogP contribution is 2.15. The second-order valence-electron chi connectivity index (χ2n) is 6.39. The zero-order valence-electron chi connectivity index (χ0n) is 14.7. The van der Waals surface area contributed by atoms with Gasteiger partial charge < -0.3 is 15.0 Å². The minimum Gasteiger partial charge on any atom is -0.493 e. The molecular formula is C20H24N2O3S. The fourth-order valence-corrected chi connectivity index (χ4v) is 3.72. The summed E-state index contributed by atoms with van der Waals surface area (Å²) in [6, 6.07) is 13.6. The van der Waals surface area contributed by atoms with Gasteiger partial charge in [0.15, 0.2) is 0 Å². The molecule has 2 aromatic rings. The third-order valence-corrected chi connectivity index (χ3v) is 5.34. The van der Waals surface area contributed by atoms with Crippen molar-refractivity contribution in [3.63, 3.8) is 0 Å². The number of likely N-dealkylation sites (tertiary alicyclic amines) is 1. The summed E-state index contributed by atoms with van der Waals surface area (Å²) in [5.41, 5.74) is 0. The number of hydrogen-bond donors (Lipinski definition) is 1. The Kier molecular flexibility index (Phi) is 6.66. The van der Waals surface area contributed by atoms with Gasteiger partial charge in [-0.3, -0.25) is 9.59 Å². The minimum atomic E-state index is 0.00398. The first kappa shape index (κ1) is 18.5. The molecule has 0 saturated carbocycles. The van der Waals surface area contributed by atoms with Crippen LogP contribution in [0.25, 0.3) is 0 Å². The molecule has 0 aliphatic carbocycles. The molecule has 1 aliphatic rings. The summed E-state index contributed by atoms with van der Waals surface area (Å²) in [6.07, 6.45) is 2.43. The molecule has 5 nitrogen and oxygen atoms in total. The number of carbonyl (C=O) groups excluding carboxylic acids is 2. The topological polar surface area (TPSA) is 58.6 Å². The SMILES string of the molecule is O=C(CCOc1ccccc1)NC1CCN(C(=O)Cc2cccs2)CC1. The van der Waals surface area contributed by atoms with Crippen molar-refractivity contribution in [2.45, 2.75) is 31.7 Å². The highest BCUT2D eigenvalue weighted by atomic mass is 32.1. The van der Waals surface area contributed by atoms with E-state index < -0.39 is 0 Å². The van der Waals surface area contributed by atoms with Crippen molar-refractivity contribution < 1.29 is 14.3 Å². The molecule has 0 atom stereocenters. The number of carbonyl (C=O) groups is 2. The van der Waals surface area contributed by atoms with E-state index in [-0.39, 0.29) is 17.9 Å². The van der Waals surface area contributed by atoms with Gasteiger partial charge in [-0.2, -0.15) is 0 Å². The van der Waals surface area contributed by atoms with Crippen LogP contribution in [0.4, 0.5) is 0 Å². The van der Waals surface area contributed by atoms with Crippen molar-refractivity contribution in [3.8, 4) is 5.75 Å². The molecule has 1 aromatic carbocycles. The summed E-state index contributed by atoms with van der Waals surface area (Å²) in [7, 11) is 0. The monoisotopic (exact) mass is 372 g/mol. The predicted octanol–water partition coefficient (Wildman–Crippen LogP) is 2.87. The third-order valence-electron chi connectivity index (χ3n) is 4.46. The number of para-hydroxylation sites is 1. The van der Waals surface area contributed by atoms with Gasteiger partial charge in [0.25, 0.3) is 0 Å². The lowest BCUT2D eigenvalue weighted by Gasteiger charge is -2.32. The van der Waals surface area contributed by atoms with Crippen molar-refractivity contribution in [2.75, 3.05) is 19.7 Å². The van der Waals surface area contributed by atoms with Crippen LogP contribution in [0.5, 0.6) is 5.75 Å². The average molecular weight is 372 g/mol. The molecule has 1 aliphatic heterocycles. The lowest BCUT2D eigenvalue weighted by atomic mass is 10.0. The number of amides is 2. The Bertz CT molecular complexity index is 695. The van der Waals surface area contributed by atoms with Gasteiger partial charge in [-0.25, -0.2) is 0 Å². The molecule has 138 valence electrons. The van der Waals surface area contributed by atoms with Gasteiger partial charge in [-0.15, -0.1) is 11.3 Å². The summed E-state index contributed by atoms with van der Waals surface area (Å²) >= 11 is 1.61. The molecule has 1 saturated heterocycles. The van der Waals surface area contributed by atoms with Gasteiger partial charge in [0.1, 0.15) is 5.75 Å². The quantitative estimate of drug-likeness (QED) is 0.813. The third kappa shape index (κ3) is 5.59. The fraction of sp³-hybridized carbons (Fsp3) is 0.400. The van der Waals surface area contributed by atoms with Crippen molar-refractivity contribution in [1.82, 2.24) is 10.2 Å². The van der Waals surface area contributed by atoms with E-state index in [0.717, 1.165) is 23.5 Å². The van der Waals surface area contributed by atoms with Crippen LogP contribution < -0.4 is 10.1 Å². The smallest absolute Gasteiger partial charge is 0.227 e. The van der Waals surface area contributed by atoms with Crippen LogP contribution in [-0.2, 0) is 16.0 Å².